The first kappa shape index (κ1) is 12.8. The molecule has 1 aromatic heterocycles. The predicted molar refractivity (Wildman–Crippen MR) is 62.5 cm³/mol. The highest BCUT2D eigenvalue weighted by Crippen LogP contribution is 2.07. The minimum absolute atomic E-state index is 0.433. The van der Waals surface area contributed by atoms with E-state index in [0.717, 1.165) is 0 Å². The van der Waals surface area contributed by atoms with E-state index in [9.17, 15) is 0 Å². The van der Waals surface area contributed by atoms with Crippen LogP contribution in [0.1, 0.15) is 13.8 Å². The third kappa shape index (κ3) is 4.77. The van der Waals surface area contributed by atoms with E-state index < -0.39 is 0 Å². The van der Waals surface area contributed by atoms with Crippen molar-refractivity contribution in [1.29, 1.82) is 0 Å². The maximum atomic E-state index is 5.27. The molecule has 0 atom stereocenters. The summed E-state index contributed by atoms with van der Waals surface area (Å²) in [6, 6.07) is 3.61. The van der Waals surface area contributed by atoms with Crippen molar-refractivity contribution in [2.24, 2.45) is 0 Å². The monoisotopic (exact) mass is 212 g/mol. The standard InChI is InChI=1S/C8H10N2OS.C2H6/c1-10(2)8(12)11-7-4-3-5-9-6-7;1-2/h3-6H,1-2H3;1-2H3. The average molecular weight is 212 g/mol. The lowest BCUT2D eigenvalue weighted by Crippen LogP contribution is -2.24. The summed E-state index contributed by atoms with van der Waals surface area (Å²) in [6.45, 7) is 4.00. The first-order valence-electron chi connectivity index (χ1n) is 4.49. The molecule has 0 aliphatic heterocycles. The molecule has 0 amide bonds. The summed E-state index contributed by atoms with van der Waals surface area (Å²) < 4.78 is 5.27. The van der Waals surface area contributed by atoms with Gasteiger partial charge >= 0.3 is 0 Å². The Hall–Kier alpha value is -1.16. The molecule has 4 heteroatoms. The Morgan fingerprint density at radius 2 is 2.07 bits per heavy atom. The van der Waals surface area contributed by atoms with Gasteiger partial charge in [-0.1, -0.05) is 13.8 Å². The van der Waals surface area contributed by atoms with Gasteiger partial charge in [0, 0.05) is 20.3 Å². The van der Waals surface area contributed by atoms with Gasteiger partial charge in [0.1, 0.15) is 5.75 Å². The summed E-state index contributed by atoms with van der Waals surface area (Å²) in [6.07, 6.45) is 3.31. The minimum atomic E-state index is 0.433. The van der Waals surface area contributed by atoms with Crippen molar-refractivity contribution in [3.63, 3.8) is 0 Å². The molecule has 1 rings (SSSR count). The lowest BCUT2D eigenvalue weighted by atomic mass is 10.5. The molecule has 3 nitrogen and oxygen atoms in total. The van der Waals surface area contributed by atoms with Gasteiger partial charge < -0.3 is 9.64 Å². The van der Waals surface area contributed by atoms with Crippen LogP contribution in [0.3, 0.4) is 0 Å². The molecule has 0 N–H and O–H groups in total. The maximum Gasteiger partial charge on any atom is 0.264 e. The topological polar surface area (TPSA) is 25.4 Å². The van der Waals surface area contributed by atoms with Crippen LogP contribution in [0.15, 0.2) is 24.5 Å². The minimum Gasteiger partial charge on any atom is -0.430 e. The Morgan fingerprint density at radius 1 is 1.43 bits per heavy atom. The van der Waals surface area contributed by atoms with Crippen LogP contribution in [0, 0.1) is 0 Å². The molecule has 0 bridgehead atoms. The number of nitrogens with zero attached hydrogens (tertiary/aromatic N) is 2. The van der Waals surface area contributed by atoms with Crippen molar-refractivity contribution in [2.45, 2.75) is 13.8 Å². The number of pyridine rings is 1. The Kier molecular flexibility index (Phi) is 6.66. The normalized spacial score (nSPS) is 8.29. The molecular formula is C10H16N2OS. The van der Waals surface area contributed by atoms with Crippen molar-refractivity contribution in [2.75, 3.05) is 14.1 Å². The van der Waals surface area contributed by atoms with Crippen LogP contribution >= 0.6 is 12.2 Å². The van der Waals surface area contributed by atoms with Gasteiger partial charge in [-0.3, -0.25) is 4.98 Å². The van der Waals surface area contributed by atoms with Crippen LogP contribution in [-0.2, 0) is 0 Å². The Bertz CT molecular complexity index is 262. The van der Waals surface area contributed by atoms with Crippen molar-refractivity contribution in [3.05, 3.63) is 24.5 Å². The molecule has 1 aromatic rings. The lowest BCUT2D eigenvalue weighted by Gasteiger charge is -2.13. The average Bonchev–Trinajstić information content (AvgIpc) is 2.22. The van der Waals surface area contributed by atoms with Crippen LogP contribution in [0.5, 0.6) is 5.75 Å². The molecule has 0 saturated carbocycles. The van der Waals surface area contributed by atoms with E-state index in [1.165, 1.54) is 0 Å². The van der Waals surface area contributed by atoms with Gasteiger partial charge in [-0.05, 0) is 24.4 Å². The molecule has 0 aliphatic rings. The summed E-state index contributed by atoms with van der Waals surface area (Å²) in [7, 11) is 3.66. The van der Waals surface area contributed by atoms with E-state index in [1.54, 1.807) is 23.4 Å². The van der Waals surface area contributed by atoms with Gasteiger partial charge in [-0.2, -0.15) is 0 Å². The van der Waals surface area contributed by atoms with Crippen LogP contribution in [0.2, 0.25) is 0 Å². The SMILES string of the molecule is CC.CN(C)C(=S)Oc1cccnc1. The van der Waals surface area contributed by atoms with Crippen molar-refractivity contribution < 1.29 is 4.74 Å². The van der Waals surface area contributed by atoms with E-state index in [-0.39, 0.29) is 0 Å². The molecular weight excluding hydrogens is 196 g/mol. The number of ether oxygens (including phenoxy) is 1. The number of hydrogen-bond acceptors (Lipinski definition) is 3. The first-order valence-corrected chi connectivity index (χ1v) is 4.90. The van der Waals surface area contributed by atoms with Gasteiger partial charge in [0.25, 0.3) is 5.17 Å². The Morgan fingerprint density at radius 3 is 2.50 bits per heavy atom. The summed E-state index contributed by atoms with van der Waals surface area (Å²) >= 11 is 4.94. The third-order valence-corrected chi connectivity index (χ3v) is 1.65. The molecule has 78 valence electrons. The van der Waals surface area contributed by atoms with E-state index in [2.05, 4.69) is 4.98 Å². The molecule has 14 heavy (non-hydrogen) atoms. The zero-order valence-electron chi connectivity index (χ0n) is 9.02. The second-order valence-corrected chi connectivity index (χ2v) is 2.80. The molecule has 0 saturated heterocycles. The van der Waals surface area contributed by atoms with E-state index in [4.69, 9.17) is 17.0 Å². The Labute approximate surface area is 90.7 Å². The van der Waals surface area contributed by atoms with Crippen LogP contribution in [0.4, 0.5) is 0 Å². The molecule has 0 aromatic carbocycles. The van der Waals surface area contributed by atoms with Gasteiger partial charge in [0.2, 0.25) is 0 Å². The van der Waals surface area contributed by atoms with E-state index in [1.807, 2.05) is 34.0 Å². The van der Waals surface area contributed by atoms with Crippen LogP contribution in [-0.4, -0.2) is 29.2 Å². The summed E-state index contributed by atoms with van der Waals surface area (Å²) in [5, 5.41) is 0.433. The second-order valence-electron chi connectivity index (χ2n) is 2.45. The zero-order chi connectivity index (χ0) is 11.0. The molecule has 0 spiro atoms. The van der Waals surface area contributed by atoms with Crippen molar-refractivity contribution >= 4 is 17.4 Å². The van der Waals surface area contributed by atoms with Gasteiger partial charge in [0.15, 0.2) is 0 Å². The fourth-order valence-electron chi connectivity index (χ4n) is 0.600. The zero-order valence-corrected chi connectivity index (χ0v) is 9.84. The van der Waals surface area contributed by atoms with Gasteiger partial charge in [0.05, 0.1) is 6.20 Å². The highest BCUT2D eigenvalue weighted by Gasteiger charge is 2.00. The van der Waals surface area contributed by atoms with Crippen molar-refractivity contribution in [3.8, 4) is 5.75 Å². The number of aromatic nitrogens is 1. The van der Waals surface area contributed by atoms with E-state index >= 15 is 0 Å². The lowest BCUT2D eigenvalue weighted by molar-refractivity contribution is 0.448. The molecule has 0 fully saturated rings. The fraction of sp³-hybridized carbons (Fsp3) is 0.400. The molecule has 0 aliphatic carbocycles. The maximum absolute atomic E-state index is 5.27. The fourth-order valence-corrected chi connectivity index (χ4v) is 0.696. The quantitative estimate of drug-likeness (QED) is 0.667. The molecule has 1 heterocycles. The summed E-state index contributed by atoms with van der Waals surface area (Å²) in [4.78, 5) is 5.62. The van der Waals surface area contributed by atoms with Gasteiger partial charge in [-0.15, -0.1) is 0 Å². The predicted octanol–water partition coefficient (Wildman–Crippen LogP) is 2.33. The number of hydrogen-bond donors (Lipinski definition) is 0. The third-order valence-electron chi connectivity index (χ3n) is 1.20. The van der Waals surface area contributed by atoms with Gasteiger partial charge in [-0.25, -0.2) is 0 Å². The molecule has 0 unspecified atom stereocenters. The molecule has 0 radical (unpaired) electrons. The highest BCUT2D eigenvalue weighted by molar-refractivity contribution is 7.80. The summed E-state index contributed by atoms with van der Waals surface area (Å²) in [5.74, 6) is 0.663. The highest BCUT2D eigenvalue weighted by atomic mass is 32.1. The van der Waals surface area contributed by atoms with Crippen molar-refractivity contribution in [1.82, 2.24) is 9.88 Å². The van der Waals surface area contributed by atoms with Crippen LogP contribution in [0.25, 0.3) is 0 Å². The second kappa shape index (κ2) is 7.26. The number of thiocarbonyl (C=S) groups is 1. The largest absolute Gasteiger partial charge is 0.430 e. The van der Waals surface area contributed by atoms with E-state index in [0.29, 0.717) is 10.9 Å². The number of rotatable bonds is 1. The van der Waals surface area contributed by atoms with Crippen LogP contribution < -0.4 is 4.74 Å². The first-order chi connectivity index (χ1) is 6.70. The Balaban J connectivity index is 0.000000791. The summed E-state index contributed by atoms with van der Waals surface area (Å²) in [5.41, 5.74) is 0. The smallest absolute Gasteiger partial charge is 0.264 e.